The standard InChI is InChI=1S/C10H20O.C2HF3O2/c1-3-5-6-7-8-9-10(11)4-2;3-2(4,5)1(6)7/h3-9H2,1-2H3;(H,6,7). The van der Waals surface area contributed by atoms with Crippen LogP contribution in [-0.2, 0) is 9.59 Å². The number of carbonyl (C=O) groups is 2. The first-order chi connectivity index (χ1) is 8.25. The molecule has 0 atom stereocenters. The lowest BCUT2D eigenvalue weighted by Gasteiger charge is -1.97. The molecule has 1 N–H and O–H groups in total. The molecule has 0 unspecified atom stereocenters. The third-order valence-corrected chi connectivity index (χ3v) is 2.20. The monoisotopic (exact) mass is 270 g/mol. The Morgan fingerprint density at radius 3 is 1.78 bits per heavy atom. The molecule has 108 valence electrons. The number of Topliss-reactive ketones (excluding diaryl/α,β-unsaturated/α-hetero) is 1. The largest absolute Gasteiger partial charge is 0.490 e. The van der Waals surface area contributed by atoms with Crippen molar-refractivity contribution in [3.63, 3.8) is 0 Å². The first-order valence-electron chi connectivity index (χ1n) is 6.07. The fourth-order valence-electron chi connectivity index (χ4n) is 1.10. The van der Waals surface area contributed by atoms with Gasteiger partial charge in [-0.2, -0.15) is 13.2 Å². The van der Waals surface area contributed by atoms with Crippen molar-refractivity contribution in [2.45, 2.75) is 65.0 Å². The summed E-state index contributed by atoms with van der Waals surface area (Å²) in [6, 6.07) is 0. The van der Waals surface area contributed by atoms with E-state index in [2.05, 4.69) is 6.92 Å². The normalized spacial score (nSPS) is 10.5. The molecule has 0 amide bonds. The van der Waals surface area contributed by atoms with Gasteiger partial charge in [-0.3, -0.25) is 4.79 Å². The molecule has 0 radical (unpaired) electrons. The van der Waals surface area contributed by atoms with Gasteiger partial charge in [0.2, 0.25) is 0 Å². The highest BCUT2D eigenvalue weighted by molar-refractivity contribution is 5.77. The smallest absolute Gasteiger partial charge is 0.475 e. The molecule has 0 heterocycles. The van der Waals surface area contributed by atoms with Gasteiger partial charge in [-0.1, -0.05) is 39.5 Å². The number of hydrogen-bond donors (Lipinski definition) is 1. The third kappa shape index (κ3) is 14.9. The van der Waals surface area contributed by atoms with Gasteiger partial charge in [0.15, 0.2) is 0 Å². The van der Waals surface area contributed by atoms with Gasteiger partial charge in [0.05, 0.1) is 0 Å². The number of ketones is 1. The second-order valence-electron chi connectivity index (χ2n) is 3.86. The molecular formula is C12H21F3O3. The van der Waals surface area contributed by atoms with E-state index in [9.17, 15) is 18.0 Å². The first-order valence-corrected chi connectivity index (χ1v) is 6.07. The van der Waals surface area contributed by atoms with Crippen molar-refractivity contribution in [1.82, 2.24) is 0 Å². The van der Waals surface area contributed by atoms with Crippen LogP contribution in [0.2, 0.25) is 0 Å². The maximum absolute atomic E-state index is 10.8. The van der Waals surface area contributed by atoms with E-state index >= 15 is 0 Å². The van der Waals surface area contributed by atoms with E-state index in [1.165, 1.54) is 25.7 Å². The average Bonchev–Trinajstić information content (AvgIpc) is 2.28. The fraction of sp³-hybridized carbons (Fsp3) is 0.833. The molecular weight excluding hydrogens is 249 g/mol. The Morgan fingerprint density at radius 1 is 1.00 bits per heavy atom. The predicted molar refractivity (Wildman–Crippen MR) is 62.4 cm³/mol. The number of carboxylic acids is 1. The van der Waals surface area contributed by atoms with Gasteiger partial charge in [-0.05, 0) is 6.42 Å². The van der Waals surface area contributed by atoms with Gasteiger partial charge in [0, 0.05) is 12.8 Å². The Bertz CT molecular complexity index is 237. The van der Waals surface area contributed by atoms with Crippen molar-refractivity contribution in [2.24, 2.45) is 0 Å². The van der Waals surface area contributed by atoms with Crippen LogP contribution in [0.1, 0.15) is 58.8 Å². The highest BCUT2D eigenvalue weighted by Crippen LogP contribution is 2.13. The lowest BCUT2D eigenvalue weighted by atomic mass is 10.1. The molecule has 0 rings (SSSR count). The molecule has 0 aliphatic rings. The molecule has 0 aliphatic carbocycles. The van der Waals surface area contributed by atoms with Crippen LogP contribution in [0.4, 0.5) is 13.2 Å². The van der Waals surface area contributed by atoms with E-state index in [0.29, 0.717) is 12.2 Å². The van der Waals surface area contributed by atoms with Crippen molar-refractivity contribution < 1.29 is 27.9 Å². The molecule has 6 heteroatoms. The van der Waals surface area contributed by atoms with E-state index in [1.807, 2.05) is 6.92 Å². The minimum absolute atomic E-state index is 0.418. The summed E-state index contributed by atoms with van der Waals surface area (Å²) in [6.45, 7) is 4.14. The number of alkyl halides is 3. The SMILES string of the molecule is CCCCCCCC(=O)CC.O=C(O)C(F)(F)F. The number of halogens is 3. The molecule has 0 aromatic heterocycles. The van der Waals surface area contributed by atoms with Crippen molar-refractivity contribution in [3.05, 3.63) is 0 Å². The lowest BCUT2D eigenvalue weighted by molar-refractivity contribution is -0.192. The van der Waals surface area contributed by atoms with Gasteiger partial charge in [-0.15, -0.1) is 0 Å². The van der Waals surface area contributed by atoms with Crippen LogP contribution in [0, 0.1) is 0 Å². The Balaban J connectivity index is 0. The minimum Gasteiger partial charge on any atom is -0.475 e. The third-order valence-electron chi connectivity index (χ3n) is 2.20. The molecule has 0 aromatic rings. The van der Waals surface area contributed by atoms with Crippen LogP contribution in [0.3, 0.4) is 0 Å². The van der Waals surface area contributed by atoms with E-state index in [-0.39, 0.29) is 0 Å². The molecule has 18 heavy (non-hydrogen) atoms. The van der Waals surface area contributed by atoms with Crippen LogP contribution in [0.15, 0.2) is 0 Å². The van der Waals surface area contributed by atoms with Crippen molar-refractivity contribution in [3.8, 4) is 0 Å². The molecule has 0 fully saturated rings. The van der Waals surface area contributed by atoms with Gasteiger partial charge >= 0.3 is 12.1 Å². The number of unbranched alkanes of at least 4 members (excludes halogenated alkanes) is 4. The van der Waals surface area contributed by atoms with Crippen LogP contribution in [-0.4, -0.2) is 23.0 Å². The first kappa shape index (κ1) is 19.3. The summed E-state index contributed by atoms with van der Waals surface area (Å²) in [4.78, 5) is 19.7. The Labute approximate surface area is 105 Å². The predicted octanol–water partition coefficient (Wildman–Crippen LogP) is 3.96. The maximum Gasteiger partial charge on any atom is 0.490 e. The van der Waals surface area contributed by atoms with E-state index in [1.54, 1.807) is 0 Å². The molecule has 0 spiro atoms. The summed E-state index contributed by atoms with van der Waals surface area (Å²) in [7, 11) is 0. The van der Waals surface area contributed by atoms with Crippen molar-refractivity contribution in [1.29, 1.82) is 0 Å². The topological polar surface area (TPSA) is 54.4 Å². The Morgan fingerprint density at radius 2 is 1.44 bits per heavy atom. The van der Waals surface area contributed by atoms with Gasteiger partial charge in [-0.25, -0.2) is 4.79 Å². The molecule has 3 nitrogen and oxygen atoms in total. The molecule has 0 saturated carbocycles. The van der Waals surface area contributed by atoms with Crippen LogP contribution in [0.5, 0.6) is 0 Å². The maximum atomic E-state index is 10.8. The fourth-order valence-corrected chi connectivity index (χ4v) is 1.10. The number of aliphatic carboxylic acids is 1. The summed E-state index contributed by atoms with van der Waals surface area (Å²) in [5.74, 6) is -2.34. The highest BCUT2D eigenvalue weighted by atomic mass is 19.4. The number of carboxylic acid groups (broad SMARTS) is 1. The summed E-state index contributed by atoms with van der Waals surface area (Å²) >= 11 is 0. The minimum atomic E-state index is -5.08. The van der Waals surface area contributed by atoms with Gasteiger partial charge in [0.1, 0.15) is 5.78 Å². The Hall–Kier alpha value is -1.07. The van der Waals surface area contributed by atoms with Gasteiger partial charge in [0.25, 0.3) is 0 Å². The zero-order chi connectivity index (χ0) is 14.6. The van der Waals surface area contributed by atoms with Gasteiger partial charge < -0.3 is 5.11 Å². The zero-order valence-electron chi connectivity index (χ0n) is 10.8. The van der Waals surface area contributed by atoms with Crippen LogP contribution in [0.25, 0.3) is 0 Å². The zero-order valence-corrected chi connectivity index (χ0v) is 10.8. The summed E-state index contributed by atoms with van der Waals surface area (Å²) in [6.07, 6.45) is 2.68. The summed E-state index contributed by atoms with van der Waals surface area (Å²) in [5, 5.41) is 7.12. The number of rotatable bonds is 7. The summed E-state index contributed by atoms with van der Waals surface area (Å²) in [5.41, 5.74) is 0. The number of hydrogen-bond acceptors (Lipinski definition) is 2. The molecule has 0 aromatic carbocycles. The Kier molecular flexibility index (Phi) is 11.8. The van der Waals surface area contributed by atoms with E-state index in [4.69, 9.17) is 9.90 Å². The quantitative estimate of drug-likeness (QED) is 0.712. The second-order valence-corrected chi connectivity index (χ2v) is 3.86. The molecule has 0 saturated heterocycles. The van der Waals surface area contributed by atoms with Crippen LogP contribution >= 0.6 is 0 Å². The number of carbonyl (C=O) groups excluding carboxylic acids is 1. The average molecular weight is 270 g/mol. The van der Waals surface area contributed by atoms with Crippen molar-refractivity contribution >= 4 is 11.8 Å². The van der Waals surface area contributed by atoms with Crippen LogP contribution < -0.4 is 0 Å². The van der Waals surface area contributed by atoms with Crippen molar-refractivity contribution in [2.75, 3.05) is 0 Å². The summed E-state index contributed by atoms with van der Waals surface area (Å²) < 4.78 is 31.7. The highest BCUT2D eigenvalue weighted by Gasteiger charge is 2.38. The van der Waals surface area contributed by atoms with E-state index in [0.717, 1.165) is 12.8 Å². The molecule has 0 aliphatic heterocycles. The molecule has 0 bridgehead atoms. The van der Waals surface area contributed by atoms with E-state index < -0.39 is 12.1 Å². The second kappa shape index (κ2) is 11.0. The lowest BCUT2D eigenvalue weighted by Crippen LogP contribution is -2.21.